The average Bonchev–Trinajstić information content (AvgIpc) is 3.28. The second-order valence-corrected chi connectivity index (χ2v) is 7.00. The van der Waals surface area contributed by atoms with Gasteiger partial charge in [-0.3, -0.25) is 4.90 Å². The zero-order valence-corrected chi connectivity index (χ0v) is 14.4. The third kappa shape index (κ3) is 3.92. The summed E-state index contributed by atoms with van der Waals surface area (Å²) in [5.74, 6) is 1.35. The van der Waals surface area contributed by atoms with Gasteiger partial charge in [-0.1, -0.05) is 6.07 Å². The van der Waals surface area contributed by atoms with Gasteiger partial charge in [0.1, 0.15) is 17.3 Å². The van der Waals surface area contributed by atoms with Gasteiger partial charge in [-0.25, -0.2) is 4.39 Å². The zero-order chi connectivity index (χ0) is 17.1. The highest BCUT2D eigenvalue weighted by Crippen LogP contribution is 2.31. The first kappa shape index (κ1) is 16.3. The quantitative estimate of drug-likeness (QED) is 0.647. The van der Waals surface area contributed by atoms with Crippen molar-refractivity contribution in [2.75, 3.05) is 6.79 Å². The van der Waals surface area contributed by atoms with Gasteiger partial charge in [-0.15, -0.1) is 11.3 Å². The highest BCUT2D eigenvalue weighted by molar-refractivity contribution is 7.09. The van der Waals surface area contributed by atoms with Gasteiger partial charge in [0, 0.05) is 29.1 Å². The van der Waals surface area contributed by atoms with Gasteiger partial charge >= 0.3 is 0 Å². The monoisotopic (exact) mass is 359 g/mol. The summed E-state index contributed by atoms with van der Waals surface area (Å²) in [4.78, 5) is 3.47. The summed E-state index contributed by atoms with van der Waals surface area (Å²) < 4.78 is 30.4. The van der Waals surface area contributed by atoms with Gasteiger partial charge in [0.25, 0.3) is 0 Å². The molecule has 3 aromatic rings. The van der Waals surface area contributed by atoms with E-state index in [1.54, 1.807) is 23.7 Å². The second kappa shape index (κ2) is 7.39. The van der Waals surface area contributed by atoms with Crippen LogP contribution in [0.15, 0.2) is 52.5 Å². The molecule has 1 aliphatic rings. The van der Waals surface area contributed by atoms with Crippen molar-refractivity contribution >= 4 is 11.3 Å². The van der Waals surface area contributed by atoms with Crippen molar-refractivity contribution in [2.45, 2.75) is 26.2 Å². The Bertz CT molecular complexity index is 781. The molecule has 0 N–H and O–H groups in total. The van der Waals surface area contributed by atoms with Crippen LogP contribution in [0.2, 0.25) is 0 Å². The summed E-state index contributed by atoms with van der Waals surface area (Å²) in [7, 11) is 0. The first-order valence-corrected chi connectivity index (χ1v) is 8.95. The first-order chi connectivity index (χ1) is 12.3. The number of furan rings is 1. The minimum Gasteiger partial charge on any atom is -0.468 e. The molecule has 4 nitrogen and oxygen atoms in total. The second-order valence-electron chi connectivity index (χ2n) is 5.97. The van der Waals surface area contributed by atoms with Gasteiger partial charge in [0.15, 0.2) is 6.79 Å². The lowest BCUT2D eigenvalue weighted by Crippen LogP contribution is -2.23. The van der Waals surface area contributed by atoms with Gasteiger partial charge in [0.2, 0.25) is 0 Å². The molecule has 0 aliphatic carbocycles. The predicted octanol–water partition coefficient (Wildman–Crippen LogP) is 4.55. The van der Waals surface area contributed by atoms with Crippen molar-refractivity contribution in [3.63, 3.8) is 0 Å². The van der Waals surface area contributed by atoms with Crippen molar-refractivity contribution < 1.29 is 18.3 Å². The molecule has 0 radical (unpaired) electrons. The van der Waals surface area contributed by atoms with Crippen LogP contribution in [0.4, 0.5) is 4.39 Å². The maximum Gasteiger partial charge on any atom is 0.189 e. The van der Waals surface area contributed by atoms with Crippen LogP contribution in [0.1, 0.15) is 21.8 Å². The van der Waals surface area contributed by atoms with Crippen molar-refractivity contribution in [1.82, 2.24) is 4.90 Å². The van der Waals surface area contributed by atoms with E-state index >= 15 is 0 Å². The Labute approximate surface area is 149 Å². The third-order valence-corrected chi connectivity index (χ3v) is 4.93. The number of rotatable bonds is 6. The SMILES string of the molecule is Fc1cc2c(c(CN(Cc3ccco3)Cc3cccs3)c1)OCOC2. The molecule has 4 rings (SSSR count). The van der Waals surface area contributed by atoms with Crippen molar-refractivity contribution in [3.8, 4) is 5.75 Å². The molecule has 2 aromatic heterocycles. The smallest absolute Gasteiger partial charge is 0.189 e. The summed E-state index contributed by atoms with van der Waals surface area (Å²) in [5, 5.41) is 2.06. The topological polar surface area (TPSA) is 34.8 Å². The van der Waals surface area contributed by atoms with E-state index < -0.39 is 0 Å². The molecular formula is C19H18FNO3S. The van der Waals surface area contributed by atoms with Crippen LogP contribution in [-0.4, -0.2) is 11.7 Å². The van der Waals surface area contributed by atoms with Crippen molar-refractivity contribution in [2.24, 2.45) is 0 Å². The van der Waals surface area contributed by atoms with Crippen LogP contribution in [0.25, 0.3) is 0 Å². The van der Waals surface area contributed by atoms with Crippen LogP contribution in [0.3, 0.4) is 0 Å². The Balaban J connectivity index is 1.60. The molecule has 1 aliphatic heterocycles. The van der Waals surface area contributed by atoms with E-state index in [9.17, 15) is 4.39 Å². The summed E-state index contributed by atoms with van der Waals surface area (Å²) in [6.07, 6.45) is 1.67. The summed E-state index contributed by atoms with van der Waals surface area (Å²) in [6, 6.07) is 11.0. The highest BCUT2D eigenvalue weighted by atomic mass is 32.1. The normalized spacial score (nSPS) is 13.7. The number of thiophene rings is 1. The third-order valence-electron chi connectivity index (χ3n) is 4.06. The lowest BCUT2D eigenvalue weighted by Gasteiger charge is -2.25. The minimum absolute atomic E-state index is 0.203. The standard InChI is InChI=1S/C19H18FNO3S/c20-16-7-14(19-15(8-16)12-22-13-24-19)9-21(10-17-3-1-5-23-17)11-18-4-2-6-25-18/h1-8H,9-13H2. The number of nitrogens with zero attached hydrogens (tertiary/aromatic N) is 1. The molecule has 0 fully saturated rings. The molecule has 130 valence electrons. The lowest BCUT2D eigenvalue weighted by atomic mass is 10.1. The van der Waals surface area contributed by atoms with E-state index in [0.717, 1.165) is 29.2 Å². The van der Waals surface area contributed by atoms with Gasteiger partial charge in [-0.2, -0.15) is 0 Å². The molecule has 1 aromatic carbocycles. The summed E-state index contributed by atoms with van der Waals surface area (Å²) in [5.41, 5.74) is 1.59. The molecular weight excluding hydrogens is 341 g/mol. The number of hydrogen-bond acceptors (Lipinski definition) is 5. The Hall–Kier alpha value is -2.15. The molecule has 0 saturated carbocycles. The van der Waals surface area contributed by atoms with E-state index in [2.05, 4.69) is 16.3 Å². The van der Waals surface area contributed by atoms with E-state index in [1.807, 2.05) is 18.2 Å². The van der Waals surface area contributed by atoms with Crippen LogP contribution in [0.5, 0.6) is 5.75 Å². The van der Waals surface area contributed by atoms with Crippen LogP contribution < -0.4 is 4.74 Å². The number of benzene rings is 1. The maximum absolute atomic E-state index is 14.0. The number of fused-ring (bicyclic) bond motifs is 1. The number of halogens is 1. The molecule has 0 amide bonds. The summed E-state index contributed by atoms with van der Waals surface area (Å²) >= 11 is 1.71. The van der Waals surface area contributed by atoms with Crippen LogP contribution in [-0.2, 0) is 31.0 Å². The molecule has 0 atom stereocenters. The molecule has 3 heterocycles. The zero-order valence-electron chi connectivity index (χ0n) is 13.6. The fraction of sp³-hybridized carbons (Fsp3) is 0.263. The molecule has 0 spiro atoms. The van der Waals surface area contributed by atoms with Gasteiger partial charge < -0.3 is 13.9 Å². The van der Waals surface area contributed by atoms with E-state index in [-0.39, 0.29) is 12.6 Å². The number of ether oxygens (including phenoxy) is 2. The van der Waals surface area contributed by atoms with Crippen molar-refractivity contribution in [1.29, 1.82) is 0 Å². The van der Waals surface area contributed by atoms with Crippen molar-refractivity contribution in [3.05, 3.63) is 75.6 Å². The molecule has 0 saturated heterocycles. The fourth-order valence-corrected chi connectivity index (χ4v) is 3.77. The van der Waals surface area contributed by atoms with Gasteiger partial charge in [-0.05, 0) is 35.7 Å². The maximum atomic E-state index is 14.0. The Morgan fingerprint density at radius 2 is 2.08 bits per heavy atom. The lowest BCUT2D eigenvalue weighted by molar-refractivity contribution is -0.0178. The summed E-state index contributed by atoms with van der Waals surface area (Å²) in [6.45, 7) is 2.56. The molecule has 6 heteroatoms. The average molecular weight is 359 g/mol. The first-order valence-electron chi connectivity index (χ1n) is 8.07. The van der Waals surface area contributed by atoms with Crippen LogP contribution in [0, 0.1) is 5.82 Å². The Morgan fingerprint density at radius 3 is 2.88 bits per heavy atom. The highest BCUT2D eigenvalue weighted by Gasteiger charge is 2.20. The van der Waals surface area contributed by atoms with E-state index in [1.165, 1.54) is 10.9 Å². The fourth-order valence-electron chi connectivity index (χ4n) is 3.03. The molecule has 25 heavy (non-hydrogen) atoms. The van der Waals surface area contributed by atoms with E-state index in [4.69, 9.17) is 13.9 Å². The van der Waals surface area contributed by atoms with E-state index in [0.29, 0.717) is 19.7 Å². The Kier molecular flexibility index (Phi) is 4.83. The number of hydrogen-bond donors (Lipinski definition) is 0. The largest absolute Gasteiger partial charge is 0.468 e. The predicted molar refractivity (Wildman–Crippen MR) is 92.7 cm³/mol. The Morgan fingerprint density at radius 1 is 1.12 bits per heavy atom. The molecule has 0 unspecified atom stereocenters. The molecule has 0 bridgehead atoms. The van der Waals surface area contributed by atoms with Gasteiger partial charge in [0.05, 0.1) is 19.4 Å². The minimum atomic E-state index is -0.267. The van der Waals surface area contributed by atoms with Crippen LogP contribution >= 0.6 is 11.3 Å².